The van der Waals surface area contributed by atoms with Gasteiger partial charge in [-0.05, 0) is 44.0 Å². The van der Waals surface area contributed by atoms with Crippen LogP contribution in [0.3, 0.4) is 0 Å². The molecular weight excluding hydrogens is 234 g/mol. The van der Waals surface area contributed by atoms with Crippen LogP contribution in [0.5, 0.6) is 5.75 Å². The van der Waals surface area contributed by atoms with Crippen LogP contribution in [-0.4, -0.2) is 19.2 Å². The number of hydrogen-bond acceptors (Lipinski definition) is 2. The molecular formula is C14H22ClNO. The molecule has 1 N–H and O–H groups in total. The van der Waals surface area contributed by atoms with Gasteiger partial charge in [-0.2, -0.15) is 0 Å². The monoisotopic (exact) mass is 255 g/mol. The van der Waals surface area contributed by atoms with Crippen LogP contribution in [0.1, 0.15) is 32.3 Å². The lowest BCUT2D eigenvalue weighted by Crippen LogP contribution is -2.23. The predicted octanol–water partition coefficient (Wildman–Crippen LogP) is 3.81. The van der Waals surface area contributed by atoms with Crippen LogP contribution in [0, 0.1) is 6.92 Å². The number of nitrogens with one attached hydrogen (secondary N) is 1. The van der Waals surface area contributed by atoms with E-state index in [0.717, 1.165) is 31.7 Å². The van der Waals surface area contributed by atoms with E-state index in [4.69, 9.17) is 16.3 Å². The Balaban J connectivity index is 2.20. The second-order valence-electron chi connectivity index (χ2n) is 4.60. The highest BCUT2D eigenvalue weighted by Gasteiger charge is 2.01. The van der Waals surface area contributed by atoms with Gasteiger partial charge in [0.2, 0.25) is 0 Å². The number of unbranched alkanes of at least 4 members (excludes halogenated alkanes) is 1. The molecule has 0 bridgehead atoms. The lowest BCUT2D eigenvalue weighted by Gasteiger charge is -2.10. The van der Waals surface area contributed by atoms with Crippen LogP contribution in [-0.2, 0) is 0 Å². The van der Waals surface area contributed by atoms with E-state index in [-0.39, 0.29) is 0 Å². The lowest BCUT2D eigenvalue weighted by molar-refractivity contribution is 0.305. The number of aryl methyl sites for hydroxylation is 1. The summed E-state index contributed by atoms with van der Waals surface area (Å²) in [5, 5.41) is 4.07. The normalized spacial score (nSPS) is 10.9. The van der Waals surface area contributed by atoms with Crippen molar-refractivity contribution in [3.05, 3.63) is 28.8 Å². The summed E-state index contributed by atoms with van der Waals surface area (Å²) in [5.41, 5.74) is 1.17. The van der Waals surface area contributed by atoms with Gasteiger partial charge in [0.1, 0.15) is 5.75 Å². The summed E-state index contributed by atoms with van der Waals surface area (Å²) in [6.45, 7) is 8.12. The topological polar surface area (TPSA) is 21.3 Å². The van der Waals surface area contributed by atoms with E-state index in [0.29, 0.717) is 11.1 Å². The summed E-state index contributed by atoms with van der Waals surface area (Å²) < 4.78 is 5.66. The average molecular weight is 256 g/mol. The van der Waals surface area contributed by atoms with Crippen LogP contribution >= 0.6 is 11.6 Å². The fourth-order valence-corrected chi connectivity index (χ4v) is 1.69. The quantitative estimate of drug-likeness (QED) is 0.749. The molecule has 0 saturated heterocycles. The lowest BCUT2D eigenvalue weighted by atomic mass is 10.2. The zero-order valence-electron chi connectivity index (χ0n) is 10.9. The fourth-order valence-electron chi connectivity index (χ4n) is 1.52. The molecule has 0 amide bonds. The van der Waals surface area contributed by atoms with Crippen LogP contribution < -0.4 is 10.1 Å². The molecule has 3 heteroatoms. The van der Waals surface area contributed by atoms with Gasteiger partial charge in [-0.15, -0.1) is 0 Å². The highest BCUT2D eigenvalue weighted by molar-refractivity contribution is 6.32. The van der Waals surface area contributed by atoms with Gasteiger partial charge in [-0.25, -0.2) is 0 Å². The molecule has 0 heterocycles. The maximum absolute atomic E-state index is 6.04. The molecule has 0 saturated carbocycles. The summed E-state index contributed by atoms with van der Waals surface area (Å²) >= 11 is 6.04. The van der Waals surface area contributed by atoms with Gasteiger partial charge in [0.05, 0.1) is 11.6 Å². The Morgan fingerprint density at radius 2 is 2.06 bits per heavy atom. The zero-order valence-corrected chi connectivity index (χ0v) is 11.7. The standard InChI is InChI=1S/C14H22ClNO/c1-11(2)16-8-4-5-9-17-14-10-12(3)6-7-13(14)15/h6-7,10-11,16H,4-5,8-9H2,1-3H3. The molecule has 0 unspecified atom stereocenters. The Hall–Kier alpha value is -0.730. The summed E-state index contributed by atoms with van der Waals surface area (Å²) in [6, 6.07) is 6.41. The highest BCUT2D eigenvalue weighted by Crippen LogP contribution is 2.25. The van der Waals surface area contributed by atoms with E-state index in [2.05, 4.69) is 19.2 Å². The maximum atomic E-state index is 6.04. The smallest absolute Gasteiger partial charge is 0.138 e. The Morgan fingerprint density at radius 3 is 2.76 bits per heavy atom. The van der Waals surface area contributed by atoms with Crippen LogP contribution in [0.2, 0.25) is 5.02 Å². The molecule has 2 nitrogen and oxygen atoms in total. The summed E-state index contributed by atoms with van der Waals surface area (Å²) in [4.78, 5) is 0. The Labute approximate surface area is 109 Å². The van der Waals surface area contributed by atoms with Crippen molar-refractivity contribution < 1.29 is 4.74 Å². The highest BCUT2D eigenvalue weighted by atomic mass is 35.5. The predicted molar refractivity (Wildman–Crippen MR) is 74.1 cm³/mol. The first kappa shape index (κ1) is 14.3. The Kier molecular flexibility index (Phi) is 6.38. The SMILES string of the molecule is Cc1ccc(Cl)c(OCCCCNC(C)C)c1. The maximum Gasteiger partial charge on any atom is 0.138 e. The number of ether oxygens (including phenoxy) is 1. The molecule has 96 valence electrons. The molecule has 1 aromatic rings. The number of hydrogen-bond donors (Lipinski definition) is 1. The first-order chi connectivity index (χ1) is 8.09. The van der Waals surface area contributed by atoms with Gasteiger partial charge in [0.15, 0.2) is 0 Å². The van der Waals surface area contributed by atoms with Gasteiger partial charge in [0.25, 0.3) is 0 Å². The molecule has 0 spiro atoms. The Morgan fingerprint density at radius 1 is 1.29 bits per heavy atom. The molecule has 0 radical (unpaired) electrons. The average Bonchev–Trinajstić information content (AvgIpc) is 2.27. The van der Waals surface area contributed by atoms with Crippen LogP contribution in [0.25, 0.3) is 0 Å². The minimum atomic E-state index is 0.558. The van der Waals surface area contributed by atoms with E-state index < -0.39 is 0 Å². The van der Waals surface area contributed by atoms with E-state index in [1.54, 1.807) is 0 Å². The van der Waals surface area contributed by atoms with Crippen molar-refractivity contribution in [2.75, 3.05) is 13.2 Å². The second kappa shape index (κ2) is 7.57. The molecule has 0 aliphatic heterocycles. The van der Waals surface area contributed by atoms with Crippen LogP contribution in [0.4, 0.5) is 0 Å². The molecule has 1 aromatic carbocycles. The van der Waals surface area contributed by atoms with Crippen molar-refractivity contribution in [1.29, 1.82) is 0 Å². The van der Waals surface area contributed by atoms with Gasteiger partial charge in [0, 0.05) is 6.04 Å². The van der Waals surface area contributed by atoms with Crippen LogP contribution in [0.15, 0.2) is 18.2 Å². The van der Waals surface area contributed by atoms with Gasteiger partial charge >= 0.3 is 0 Å². The van der Waals surface area contributed by atoms with Crippen molar-refractivity contribution in [2.24, 2.45) is 0 Å². The molecule has 1 rings (SSSR count). The summed E-state index contributed by atoms with van der Waals surface area (Å²) in [5.74, 6) is 0.795. The van der Waals surface area contributed by atoms with E-state index in [1.807, 2.05) is 25.1 Å². The first-order valence-electron chi connectivity index (χ1n) is 6.22. The van der Waals surface area contributed by atoms with Crippen molar-refractivity contribution >= 4 is 11.6 Å². The number of halogens is 1. The van der Waals surface area contributed by atoms with Gasteiger partial charge in [-0.1, -0.05) is 31.5 Å². The van der Waals surface area contributed by atoms with Gasteiger partial charge < -0.3 is 10.1 Å². The first-order valence-corrected chi connectivity index (χ1v) is 6.59. The summed E-state index contributed by atoms with van der Waals surface area (Å²) in [6.07, 6.45) is 2.17. The van der Waals surface area contributed by atoms with Crippen molar-refractivity contribution in [3.63, 3.8) is 0 Å². The van der Waals surface area contributed by atoms with Crippen molar-refractivity contribution in [1.82, 2.24) is 5.32 Å². The molecule has 17 heavy (non-hydrogen) atoms. The second-order valence-corrected chi connectivity index (χ2v) is 5.01. The minimum Gasteiger partial charge on any atom is -0.492 e. The van der Waals surface area contributed by atoms with E-state index >= 15 is 0 Å². The molecule has 0 fully saturated rings. The van der Waals surface area contributed by atoms with Crippen molar-refractivity contribution in [2.45, 2.75) is 39.7 Å². The summed E-state index contributed by atoms with van der Waals surface area (Å²) in [7, 11) is 0. The van der Waals surface area contributed by atoms with Gasteiger partial charge in [-0.3, -0.25) is 0 Å². The largest absolute Gasteiger partial charge is 0.492 e. The minimum absolute atomic E-state index is 0.558. The molecule has 0 aliphatic rings. The number of benzene rings is 1. The molecule has 0 atom stereocenters. The fraction of sp³-hybridized carbons (Fsp3) is 0.571. The molecule has 0 aromatic heterocycles. The van der Waals surface area contributed by atoms with Crippen molar-refractivity contribution in [3.8, 4) is 5.75 Å². The van der Waals surface area contributed by atoms with E-state index in [9.17, 15) is 0 Å². The Bertz CT molecular complexity index is 339. The number of rotatable bonds is 7. The van der Waals surface area contributed by atoms with E-state index in [1.165, 1.54) is 5.56 Å². The third-order valence-corrected chi connectivity index (χ3v) is 2.78. The zero-order chi connectivity index (χ0) is 12.7. The molecule has 0 aliphatic carbocycles. The third kappa shape index (κ3) is 5.94. The third-order valence-electron chi connectivity index (χ3n) is 2.47.